The third kappa shape index (κ3) is 3.99. The Morgan fingerprint density at radius 2 is 1.86 bits per heavy atom. The van der Waals surface area contributed by atoms with Gasteiger partial charge in [-0.05, 0) is 30.1 Å². The highest BCUT2D eigenvalue weighted by Gasteiger charge is 2.20. The molecule has 8 heteroatoms. The van der Waals surface area contributed by atoms with Crippen LogP contribution in [0, 0.1) is 11.6 Å². The fraction of sp³-hybridized carbons (Fsp3) is 0.231. The molecule has 1 aromatic heterocycles. The van der Waals surface area contributed by atoms with Crippen molar-refractivity contribution >= 4 is 27.0 Å². The van der Waals surface area contributed by atoms with E-state index in [9.17, 15) is 17.2 Å². The van der Waals surface area contributed by atoms with Gasteiger partial charge < -0.3 is 5.32 Å². The molecular formula is C13H14F2N2O2S2. The molecule has 0 radical (unpaired) electrons. The molecule has 2 aromatic rings. The molecule has 0 amide bonds. The number of thiophene rings is 1. The first-order valence-corrected chi connectivity index (χ1v) is 8.54. The van der Waals surface area contributed by atoms with Crippen LogP contribution in [0.4, 0.5) is 14.5 Å². The van der Waals surface area contributed by atoms with Gasteiger partial charge in [-0.1, -0.05) is 6.92 Å². The van der Waals surface area contributed by atoms with Crippen LogP contribution in [-0.2, 0) is 16.6 Å². The maximum absolute atomic E-state index is 13.1. The molecule has 21 heavy (non-hydrogen) atoms. The van der Waals surface area contributed by atoms with E-state index in [1.54, 1.807) is 5.38 Å². The van der Waals surface area contributed by atoms with E-state index in [1.807, 2.05) is 6.92 Å². The van der Waals surface area contributed by atoms with Crippen LogP contribution in [0.5, 0.6) is 0 Å². The zero-order valence-electron chi connectivity index (χ0n) is 11.2. The van der Waals surface area contributed by atoms with Crippen molar-refractivity contribution in [3.05, 3.63) is 46.2 Å². The van der Waals surface area contributed by atoms with Gasteiger partial charge in [-0.3, -0.25) is 4.72 Å². The number of hydrogen-bond donors (Lipinski definition) is 2. The lowest BCUT2D eigenvalue weighted by Gasteiger charge is -2.09. The summed E-state index contributed by atoms with van der Waals surface area (Å²) in [5, 5.41) is 4.70. The third-order valence-corrected chi connectivity index (χ3v) is 5.16. The molecule has 2 rings (SSSR count). The van der Waals surface area contributed by atoms with Gasteiger partial charge in [0, 0.05) is 17.5 Å². The molecule has 1 heterocycles. The number of rotatable bonds is 6. The Labute approximate surface area is 125 Å². The van der Waals surface area contributed by atoms with E-state index in [-0.39, 0.29) is 10.6 Å². The van der Waals surface area contributed by atoms with Crippen LogP contribution < -0.4 is 10.0 Å². The zero-order valence-corrected chi connectivity index (χ0v) is 12.8. The van der Waals surface area contributed by atoms with E-state index in [0.29, 0.717) is 24.0 Å². The minimum absolute atomic E-state index is 0.109. The fourth-order valence-electron chi connectivity index (χ4n) is 1.76. The van der Waals surface area contributed by atoms with Crippen molar-refractivity contribution in [3.63, 3.8) is 0 Å². The van der Waals surface area contributed by atoms with E-state index < -0.39 is 21.7 Å². The fourth-order valence-corrected chi connectivity index (χ4v) is 4.21. The lowest BCUT2D eigenvalue weighted by atomic mass is 10.3. The van der Waals surface area contributed by atoms with Gasteiger partial charge in [-0.2, -0.15) is 0 Å². The maximum atomic E-state index is 13.1. The summed E-state index contributed by atoms with van der Waals surface area (Å²) in [6, 6.07) is 4.00. The van der Waals surface area contributed by atoms with Crippen LogP contribution in [0.25, 0.3) is 0 Å². The molecular weight excluding hydrogens is 318 g/mol. The largest absolute Gasteiger partial charge is 0.312 e. The van der Waals surface area contributed by atoms with Crippen molar-refractivity contribution in [1.29, 1.82) is 0 Å². The standard InChI is InChI=1S/C13H14F2N2O2S2/c1-2-16-8-12-13(3-4-20-12)21(18,19)17-11-6-9(14)5-10(15)7-11/h3-7,16-17H,2,8H2,1H3. The Hall–Kier alpha value is -1.51. The number of anilines is 1. The molecule has 0 saturated carbocycles. The second-order valence-corrected chi connectivity index (χ2v) is 6.90. The number of hydrogen-bond acceptors (Lipinski definition) is 4. The summed E-state index contributed by atoms with van der Waals surface area (Å²) >= 11 is 1.30. The van der Waals surface area contributed by atoms with Crippen molar-refractivity contribution in [2.45, 2.75) is 18.4 Å². The van der Waals surface area contributed by atoms with Crippen LogP contribution in [0.15, 0.2) is 34.5 Å². The summed E-state index contributed by atoms with van der Waals surface area (Å²) in [6.07, 6.45) is 0. The van der Waals surface area contributed by atoms with E-state index in [0.717, 1.165) is 12.1 Å². The summed E-state index contributed by atoms with van der Waals surface area (Å²) < 4.78 is 53.0. The van der Waals surface area contributed by atoms with Crippen LogP contribution in [0.3, 0.4) is 0 Å². The Balaban J connectivity index is 2.28. The lowest BCUT2D eigenvalue weighted by molar-refractivity contribution is 0.584. The first-order chi connectivity index (χ1) is 9.92. The van der Waals surface area contributed by atoms with Crippen LogP contribution in [0.1, 0.15) is 11.8 Å². The van der Waals surface area contributed by atoms with Gasteiger partial charge >= 0.3 is 0 Å². The summed E-state index contributed by atoms with van der Waals surface area (Å²) in [6.45, 7) is 3.04. The van der Waals surface area contributed by atoms with Crippen LogP contribution in [-0.4, -0.2) is 15.0 Å². The molecule has 0 aliphatic carbocycles. The van der Waals surface area contributed by atoms with Gasteiger partial charge in [-0.25, -0.2) is 17.2 Å². The molecule has 0 aliphatic rings. The third-order valence-electron chi connectivity index (χ3n) is 2.64. The maximum Gasteiger partial charge on any atom is 0.263 e. The number of benzene rings is 1. The van der Waals surface area contributed by atoms with Crippen molar-refractivity contribution in [3.8, 4) is 0 Å². The second-order valence-electron chi connectivity index (χ2n) is 4.25. The van der Waals surface area contributed by atoms with Crippen LogP contribution in [0.2, 0.25) is 0 Å². The summed E-state index contributed by atoms with van der Waals surface area (Å²) in [4.78, 5) is 0.749. The van der Waals surface area contributed by atoms with Gasteiger partial charge in [0.15, 0.2) is 0 Å². The molecule has 4 nitrogen and oxygen atoms in total. The van der Waals surface area contributed by atoms with Gasteiger partial charge in [0.05, 0.1) is 5.69 Å². The number of sulfonamides is 1. The highest BCUT2D eigenvalue weighted by Crippen LogP contribution is 2.25. The Morgan fingerprint density at radius 3 is 2.48 bits per heavy atom. The van der Waals surface area contributed by atoms with Crippen molar-refractivity contribution in [2.75, 3.05) is 11.3 Å². The highest BCUT2D eigenvalue weighted by molar-refractivity contribution is 7.93. The molecule has 0 spiro atoms. The molecule has 0 atom stereocenters. The minimum atomic E-state index is -3.88. The Morgan fingerprint density at radius 1 is 1.19 bits per heavy atom. The predicted octanol–water partition coefficient (Wildman–Crippen LogP) is 2.94. The van der Waals surface area contributed by atoms with E-state index in [1.165, 1.54) is 17.4 Å². The number of halogens is 2. The van der Waals surface area contributed by atoms with Gasteiger partial charge in [0.25, 0.3) is 10.0 Å². The molecule has 0 fully saturated rings. The normalized spacial score (nSPS) is 11.6. The average molecular weight is 332 g/mol. The summed E-state index contributed by atoms with van der Waals surface area (Å²) in [7, 11) is -3.88. The Kier molecular flexibility index (Phi) is 4.92. The molecule has 0 saturated heterocycles. The van der Waals surface area contributed by atoms with Crippen molar-refractivity contribution < 1.29 is 17.2 Å². The van der Waals surface area contributed by atoms with Gasteiger partial charge in [0.1, 0.15) is 16.5 Å². The molecule has 114 valence electrons. The first-order valence-electron chi connectivity index (χ1n) is 6.18. The topological polar surface area (TPSA) is 58.2 Å². The van der Waals surface area contributed by atoms with Gasteiger partial charge in [-0.15, -0.1) is 11.3 Å². The first kappa shape index (κ1) is 15.9. The monoisotopic (exact) mass is 332 g/mol. The number of nitrogens with one attached hydrogen (secondary N) is 2. The van der Waals surface area contributed by atoms with E-state index in [4.69, 9.17) is 0 Å². The van der Waals surface area contributed by atoms with Crippen LogP contribution >= 0.6 is 11.3 Å². The molecule has 0 bridgehead atoms. The average Bonchev–Trinajstić information content (AvgIpc) is 2.83. The SMILES string of the molecule is CCNCc1sccc1S(=O)(=O)Nc1cc(F)cc(F)c1. The zero-order chi connectivity index (χ0) is 15.5. The van der Waals surface area contributed by atoms with E-state index in [2.05, 4.69) is 10.0 Å². The van der Waals surface area contributed by atoms with Crippen molar-refractivity contribution in [2.24, 2.45) is 0 Å². The summed E-state index contributed by atoms with van der Waals surface area (Å²) in [5.74, 6) is -1.68. The minimum Gasteiger partial charge on any atom is -0.312 e. The predicted molar refractivity (Wildman–Crippen MR) is 78.9 cm³/mol. The van der Waals surface area contributed by atoms with Gasteiger partial charge in [0.2, 0.25) is 0 Å². The Bertz CT molecular complexity index is 709. The summed E-state index contributed by atoms with van der Waals surface area (Å²) in [5.41, 5.74) is -0.145. The molecule has 2 N–H and O–H groups in total. The molecule has 1 aromatic carbocycles. The highest BCUT2D eigenvalue weighted by atomic mass is 32.2. The van der Waals surface area contributed by atoms with E-state index >= 15 is 0 Å². The second kappa shape index (κ2) is 6.50. The smallest absolute Gasteiger partial charge is 0.263 e. The quantitative estimate of drug-likeness (QED) is 0.855. The van der Waals surface area contributed by atoms with Crippen molar-refractivity contribution in [1.82, 2.24) is 5.32 Å². The molecule has 0 aliphatic heterocycles. The lowest BCUT2D eigenvalue weighted by Crippen LogP contribution is -2.17. The molecule has 0 unspecified atom stereocenters.